The Morgan fingerprint density at radius 1 is 0.920 bits per heavy atom. The van der Waals surface area contributed by atoms with Crippen molar-refractivity contribution < 1.29 is 19.1 Å². The van der Waals surface area contributed by atoms with Gasteiger partial charge in [0.05, 0.1) is 17.1 Å². The second-order valence-electron chi connectivity index (χ2n) is 5.12. The first-order chi connectivity index (χ1) is 12.0. The molecular formula is C18H15Cl2NO4. The van der Waals surface area contributed by atoms with E-state index in [1.807, 2.05) is 0 Å². The number of halogens is 2. The molecule has 0 aliphatic carbocycles. The predicted molar refractivity (Wildman–Crippen MR) is 96.1 cm³/mol. The second-order valence-corrected chi connectivity index (χ2v) is 5.96. The first-order valence-corrected chi connectivity index (χ1v) is 8.20. The number of rotatable bonds is 7. The molecule has 0 saturated carbocycles. The van der Waals surface area contributed by atoms with Crippen LogP contribution in [0.1, 0.15) is 23.2 Å². The first kappa shape index (κ1) is 19.0. The first-order valence-electron chi connectivity index (χ1n) is 7.44. The van der Waals surface area contributed by atoms with Gasteiger partial charge in [-0.05, 0) is 36.4 Å². The lowest BCUT2D eigenvalue weighted by molar-refractivity contribution is -0.147. The number of esters is 1. The number of amides is 1. The Labute approximate surface area is 154 Å². The number of ether oxygens (including phenoxy) is 1. The van der Waals surface area contributed by atoms with Crippen molar-refractivity contribution in [2.24, 2.45) is 0 Å². The van der Waals surface area contributed by atoms with Gasteiger partial charge in [-0.3, -0.25) is 14.4 Å². The molecule has 5 nitrogen and oxygen atoms in total. The Kier molecular flexibility index (Phi) is 6.98. The number of para-hydroxylation sites is 1. The highest BCUT2D eigenvalue weighted by molar-refractivity contribution is 6.33. The van der Waals surface area contributed by atoms with Gasteiger partial charge >= 0.3 is 5.97 Å². The van der Waals surface area contributed by atoms with Crippen LogP contribution in [0.5, 0.6) is 0 Å². The fourth-order valence-corrected chi connectivity index (χ4v) is 2.27. The summed E-state index contributed by atoms with van der Waals surface area (Å²) < 4.78 is 4.85. The SMILES string of the molecule is O=C(COC(=O)CCC(=O)c1ccc(Cl)cc1)Nc1ccccc1Cl. The predicted octanol–water partition coefficient (Wildman–Crippen LogP) is 4.14. The monoisotopic (exact) mass is 379 g/mol. The molecule has 2 aromatic rings. The molecule has 0 spiro atoms. The van der Waals surface area contributed by atoms with Crippen LogP contribution in [0.15, 0.2) is 48.5 Å². The lowest BCUT2D eigenvalue weighted by atomic mass is 10.1. The molecule has 0 radical (unpaired) electrons. The van der Waals surface area contributed by atoms with Crippen LogP contribution in [0, 0.1) is 0 Å². The van der Waals surface area contributed by atoms with Gasteiger partial charge in [-0.25, -0.2) is 0 Å². The van der Waals surface area contributed by atoms with Gasteiger partial charge < -0.3 is 10.1 Å². The average molecular weight is 380 g/mol. The van der Waals surface area contributed by atoms with Gasteiger partial charge in [0.1, 0.15) is 0 Å². The summed E-state index contributed by atoms with van der Waals surface area (Å²) in [6, 6.07) is 13.1. The standard InChI is InChI=1S/C18H15Cl2NO4/c19-13-7-5-12(6-8-13)16(22)9-10-18(24)25-11-17(23)21-15-4-2-1-3-14(15)20/h1-8H,9-11H2,(H,21,23). The van der Waals surface area contributed by atoms with Crippen LogP contribution in [-0.2, 0) is 14.3 Å². The van der Waals surface area contributed by atoms with Gasteiger partial charge in [0.25, 0.3) is 5.91 Å². The molecule has 0 aliphatic heterocycles. The number of nitrogens with one attached hydrogen (secondary N) is 1. The quantitative estimate of drug-likeness (QED) is 0.579. The highest BCUT2D eigenvalue weighted by Crippen LogP contribution is 2.20. The highest BCUT2D eigenvalue weighted by atomic mass is 35.5. The lowest BCUT2D eigenvalue weighted by Crippen LogP contribution is -2.21. The molecule has 0 bridgehead atoms. The van der Waals surface area contributed by atoms with E-state index in [4.69, 9.17) is 27.9 Å². The van der Waals surface area contributed by atoms with Gasteiger partial charge in [-0.2, -0.15) is 0 Å². The topological polar surface area (TPSA) is 72.5 Å². The van der Waals surface area contributed by atoms with E-state index >= 15 is 0 Å². The van der Waals surface area contributed by atoms with Crippen LogP contribution in [0.3, 0.4) is 0 Å². The molecule has 25 heavy (non-hydrogen) atoms. The Hall–Kier alpha value is -2.37. The van der Waals surface area contributed by atoms with E-state index in [0.29, 0.717) is 21.3 Å². The minimum atomic E-state index is -0.628. The van der Waals surface area contributed by atoms with Crippen LogP contribution in [0.25, 0.3) is 0 Å². The third-order valence-electron chi connectivity index (χ3n) is 3.23. The number of carbonyl (C=O) groups excluding carboxylic acids is 3. The molecule has 0 aromatic heterocycles. The maximum atomic E-state index is 11.9. The van der Waals surface area contributed by atoms with Crippen LogP contribution >= 0.6 is 23.2 Å². The third-order valence-corrected chi connectivity index (χ3v) is 3.82. The Balaban J connectivity index is 1.73. The molecule has 1 N–H and O–H groups in total. The molecule has 0 fully saturated rings. The smallest absolute Gasteiger partial charge is 0.306 e. The van der Waals surface area contributed by atoms with E-state index < -0.39 is 18.5 Å². The minimum Gasteiger partial charge on any atom is -0.456 e. The summed E-state index contributed by atoms with van der Waals surface area (Å²) in [5, 5.41) is 3.45. The summed E-state index contributed by atoms with van der Waals surface area (Å²) in [7, 11) is 0. The summed E-state index contributed by atoms with van der Waals surface area (Å²) in [4.78, 5) is 35.3. The summed E-state index contributed by atoms with van der Waals surface area (Å²) in [5.41, 5.74) is 0.900. The lowest BCUT2D eigenvalue weighted by Gasteiger charge is -2.07. The molecule has 0 unspecified atom stereocenters. The second kappa shape index (κ2) is 9.20. The van der Waals surface area contributed by atoms with Gasteiger partial charge in [0.15, 0.2) is 12.4 Å². The molecule has 2 aromatic carbocycles. The number of carbonyl (C=O) groups is 3. The number of hydrogen-bond acceptors (Lipinski definition) is 4. The Morgan fingerprint density at radius 3 is 2.28 bits per heavy atom. The normalized spacial score (nSPS) is 10.2. The molecule has 7 heteroatoms. The zero-order valence-electron chi connectivity index (χ0n) is 13.1. The molecular weight excluding hydrogens is 365 g/mol. The molecule has 0 heterocycles. The average Bonchev–Trinajstić information content (AvgIpc) is 2.60. The van der Waals surface area contributed by atoms with E-state index in [1.165, 1.54) is 0 Å². The van der Waals surface area contributed by atoms with Gasteiger partial charge in [-0.1, -0.05) is 35.3 Å². The van der Waals surface area contributed by atoms with Crippen molar-refractivity contribution in [1.29, 1.82) is 0 Å². The van der Waals surface area contributed by atoms with Crippen molar-refractivity contribution in [3.8, 4) is 0 Å². The largest absolute Gasteiger partial charge is 0.456 e. The molecule has 130 valence electrons. The van der Waals surface area contributed by atoms with Crippen molar-refractivity contribution in [3.63, 3.8) is 0 Å². The van der Waals surface area contributed by atoms with Crippen LogP contribution in [0.4, 0.5) is 5.69 Å². The van der Waals surface area contributed by atoms with Crippen molar-refractivity contribution in [2.75, 3.05) is 11.9 Å². The summed E-state index contributed by atoms with van der Waals surface area (Å²) in [6.07, 6.45) is -0.118. The van der Waals surface area contributed by atoms with Crippen molar-refractivity contribution >= 4 is 46.5 Å². The van der Waals surface area contributed by atoms with E-state index in [9.17, 15) is 14.4 Å². The highest BCUT2D eigenvalue weighted by Gasteiger charge is 2.12. The van der Waals surface area contributed by atoms with Gasteiger partial charge in [0, 0.05) is 17.0 Å². The fraction of sp³-hybridized carbons (Fsp3) is 0.167. The summed E-state index contributed by atoms with van der Waals surface area (Å²) in [6.45, 7) is -0.445. The van der Waals surface area contributed by atoms with E-state index in [0.717, 1.165) is 0 Å². The van der Waals surface area contributed by atoms with E-state index in [1.54, 1.807) is 48.5 Å². The van der Waals surface area contributed by atoms with E-state index in [2.05, 4.69) is 5.32 Å². The molecule has 0 saturated heterocycles. The van der Waals surface area contributed by atoms with Gasteiger partial charge in [0.2, 0.25) is 0 Å². The van der Waals surface area contributed by atoms with Crippen LogP contribution in [0.2, 0.25) is 10.0 Å². The maximum absolute atomic E-state index is 11.9. The Morgan fingerprint density at radius 2 is 1.60 bits per heavy atom. The third kappa shape index (κ3) is 6.21. The molecule has 0 atom stereocenters. The van der Waals surface area contributed by atoms with Crippen LogP contribution < -0.4 is 5.32 Å². The van der Waals surface area contributed by atoms with Crippen molar-refractivity contribution in [2.45, 2.75) is 12.8 Å². The molecule has 2 rings (SSSR count). The zero-order valence-corrected chi connectivity index (χ0v) is 14.6. The zero-order chi connectivity index (χ0) is 18.2. The van der Waals surface area contributed by atoms with Crippen LogP contribution in [-0.4, -0.2) is 24.3 Å². The summed E-state index contributed by atoms with van der Waals surface area (Å²) >= 11 is 11.7. The van der Waals surface area contributed by atoms with Crippen molar-refractivity contribution in [1.82, 2.24) is 0 Å². The minimum absolute atomic E-state index is 0.00734. The van der Waals surface area contributed by atoms with Crippen molar-refractivity contribution in [3.05, 3.63) is 64.1 Å². The molecule has 1 amide bonds. The number of ketones is 1. The molecule has 0 aliphatic rings. The Bertz CT molecular complexity index is 775. The number of Topliss-reactive ketones (excluding diaryl/α,β-unsaturated/α-hetero) is 1. The van der Waals surface area contributed by atoms with E-state index in [-0.39, 0.29) is 18.6 Å². The fourth-order valence-electron chi connectivity index (χ4n) is 1.96. The van der Waals surface area contributed by atoms with Gasteiger partial charge in [-0.15, -0.1) is 0 Å². The number of hydrogen-bond donors (Lipinski definition) is 1. The maximum Gasteiger partial charge on any atom is 0.306 e. The number of anilines is 1. The number of benzene rings is 2. The summed E-state index contributed by atoms with van der Waals surface area (Å²) in [5.74, 6) is -1.34.